The Hall–Kier alpha value is -1.74. The monoisotopic (exact) mass is 359 g/mol. The number of methoxy groups -OCH3 is 1. The summed E-state index contributed by atoms with van der Waals surface area (Å²) >= 11 is 0. The fourth-order valence-electron chi connectivity index (χ4n) is 2.81. The minimum Gasteiger partial charge on any atom is -0.455 e. The summed E-state index contributed by atoms with van der Waals surface area (Å²) in [5.41, 5.74) is -0.902. The molecule has 0 aromatic heterocycles. The first kappa shape index (κ1) is 18.6. The number of β-lactam (4-membered cyclic amide) rings is 1. The average molecular weight is 359 g/mol. The van der Waals surface area contributed by atoms with Crippen molar-refractivity contribution in [2.75, 3.05) is 12.9 Å². The van der Waals surface area contributed by atoms with Crippen LogP contribution in [0.25, 0.3) is 0 Å². The molecule has 0 N–H and O–H groups in total. The number of hydrogen-bond donors (Lipinski definition) is 0. The third-order valence-corrected chi connectivity index (χ3v) is 5.57. The molecule has 1 fully saturated rings. The molecule has 0 aromatic rings. The summed E-state index contributed by atoms with van der Waals surface area (Å²) in [7, 11) is -2.53. The molecular formula is C15H21NO7S. The highest BCUT2D eigenvalue weighted by molar-refractivity contribution is 7.92. The molecule has 0 radical (unpaired) electrons. The lowest BCUT2D eigenvalue weighted by Crippen LogP contribution is -2.70. The Morgan fingerprint density at radius 1 is 1.29 bits per heavy atom. The van der Waals surface area contributed by atoms with Gasteiger partial charge in [0, 0.05) is 13.5 Å². The minimum atomic E-state index is -3.76. The van der Waals surface area contributed by atoms with Gasteiger partial charge < -0.3 is 9.47 Å². The minimum absolute atomic E-state index is 0.0795. The van der Waals surface area contributed by atoms with Gasteiger partial charge in [-0.05, 0) is 33.3 Å². The number of hydrogen-bond acceptors (Lipinski definition) is 7. The molecule has 0 spiro atoms. The van der Waals surface area contributed by atoms with Gasteiger partial charge in [-0.3, -0.25) is 14.5 Å². The molecule has 24 heavy (non-hydrogen) atoms. The van der Waals surface area contributed by atoms with Gasteiger partial charge in [-0.15, -0.1) is 0 Å². The third kappa shape index (κ3) is 3.23. The Kier molecular flexibility index (Phi) is 4.62. The van der Waals surface area contributed by atoms with Gasteiger partial charge in [-0.2, -0.15) is 0 Å². The van der Waals surface area contributed by atoms with Crippen molar-refractivity contribution in [2.45, 2.75) is 51.2 Å². The molecule has 2 heterocycles. The summed E-state index contributed by atoms with van der Waals surface area (Å²) < 4.78 is 35.1. The lowest BCUT2D eigenvalue weighted by atomic mass is 10.0. The average Bonchev–Trinajstić information content (AvgIpc) is 2.36. The second-order valence-electron chi connectivity index (χ2n) is 6.90. The van der Waals surface area contributed by atoms with Crippen molar-refractivity contribution >= 4 is 27.5 Å². The summed E-state index contributed by atoms with van der Waals surface area (Å²) in [5.74, 6) is -2.24. The molecule has 0 bridgehead atoms. The summed E-state index contributed by atoms with van der Waals surface area (Å²) in [6, 6.07) is 0. The van der Waals surface area contributed by atoms with Gasteiger partial charge in [0.15, 0.2) is 21.3 Å². The molecule has 2 atom stereocenters. The van der Waals surface area contributed by atoms with Crippen LogP contribution in [0.5, 0.6) is 0 Å². The first-order valence-electron chi connectivity index (χ1n) is 7.41. The molecule has 1 amide bonds. The predicted octanol–water partition coefficient (Wildman–Crippen LogP) is 0.173. The van der Waals surface area contributed by atoms with Gasteiger partial charge >= 0.3 is 5.97 Å². The maximum Gasteiger partial charge on any atom is 0.355 e. The fraction of sp³-hybridized carbons (Fsp3) is 0.667. The van der Waals surface area contributed by atoms with Crippen molar-refractivity contribution in [2.24, 2.45) is 0 Å². The van der Waals surface area contributed by atoms with Crippen LogP contribution in [-0.4, -0.2) is 60.9 Å². The van der Waals surface area contributed by atoms with Crippen LogP contribution >= 0.6 is 0 Å². The number of sulfone groups is 1. The van der Waals surface area contributed by atoms with E-state index in [9.17, 15) is 22.8 Å². The molecular weight excluding hydrogens is 338 g/mol. The van der Waals surface area contributed by atoms with E-state index in [1.165, 1.54) is 14.0 Å². The molecule has 0 aliphatic carbocycles. The van der Waals surface area contributed by atoms with Crippen LogP contribution in [0.2, 0.25) is 0 Å². The van der Waals surface area contributed by atoms with E-state index in [1.807, 2.05) is 0 Å². The Bertz CT molecular complexity index is 729. The zero-order chi connectivity index (χ0) is 18.4. The quantitative estimate of drug-likeness (QED) is 0.520. The number of carbonyl (C=O) groups is 3. The highest BCUT2D eigenvalue weighted by atomic mass is 32.2. The standard InChI is InChI=1S/C15H21NO7S/c1-8(17)6-9-7-24(20,21)13-11(22-5)12(18)16(13)10(9)14(19)23-15(2,3)4/h11,13H,6-7H2,1-5H3/t11-,13+/m0/s1. The summed E-state index contributed by atoms with van der Waals surface area (Å²) in [4.78, 5) is 37.1. The number of fused-ring (bicyclic) bond motifs is 1. The highest BCUT2D eigenvalue weighted by Crippen LogP contribution is 2.39. The van der Waals surface area contributed by atoms with Crippen molar-refractivity contribution in [1.29, 1.82) is 0 Å². The second-order valence-corrected chi connectivity index (χ2v) is 8.99. The number of amides is 1. The normalized spacial score (nSPS) is 25.9. The van der Waals surface area contributed by atoms with E-state index in [2.05, 4.69) is 0 Å². The van der Waals surface area contributed by atoms with Gasteiger partial charge in [0.05, 0.1) is 5.75 Å². The number of esters is 1. The van der Waals surface area contributed by atoms with E-state index in [4.69, 9.17) is 9.47 Å². The molecule has 0 aromatic carbocycles. The molecule has 0 unspecified atom stereocenters. The van der Waals surface area contributed by atoms with Crippen LogP contribution in [-0.2, 0) is 33.7 Å². The molecule has 2 aliphatic rings. The predicted molar refractivity (Wildman–Crippen MR) is 83.4 cm³/mol. The first-order chi connectivity index (χ1) is 10.9. The summed E-state index contributed by atoms with van der Waals surface area (Å²) in [6.45, 7) is 6.25. The Labute approximate surface area is 140 Å². The number of ketones is 1. The van der Waals surface area contributed by atoms with Gasteiger partial charge in [0.25, 0.3) is 5.91 Å². The van der Waals surface area contributed by atoms with Gasteiger partial charge in [0.2, 0.25) is 0 Å². The zero-order valence-electron chi connectivity index (χ0n) is 14.3. The van der Waals surface area contributed by atoms with Crippen molar-refractivity contribution in [3.8, 4) is 0 Å². The zero-order valence-corrected chi connectivity index (χ0v) is 15.1. The largest absolute Gasteiger partial charge is 0.455 e. The molecule has 0 saturated carbocycles. The molecule has 134 valence electrons. The third-order valence-electron chi connectivity index (χ3n) is 3.62. The number of carbonyl (C=O) groups excluding carboxylic acids is 3. The van der Waals surface area contributed by atoms with Crippen molar-refractivity contribution < 1.29 is 32.3 Å². The van der Waals surface area contributed by atoms with Crippen LogP contribution < -0.4 is 0 Å². The van der Waals surface area contributed by atoms with E-state index < -0.39 is 44.5 Å². The van der Waals surface area contributed by atoms with Crippen molar-refractivity contribution in [1.82, 2.24) is 4.90 Å². The van der Waals surface area contributed by atoms with E-state index >= 15 is 0 Å². The summed E-state index contributed by atoms with van der Waals surface area (Å²) in [5, 5.41) is -1.26. The van der Waals surface area contributed by atoms with Gasteiger partial charge in [0.1, 0.15) is 17.1 Å². The lowest BCUT2D eigenvalue weighted by molar-refractivity contribution is -0.167. The molecule has 8 nitrogen and oxygen atoms in total. The molecule has 9 heteroatoms. The topological polar surface area (TPSA) is 107 Å². The first-order valence-corrected chi connectivity index (χ1v) is 9.13. The Morgan fingerprint density at radius 3 is 2.33 bits per heavy atom. The lowest BCUT2D eigenvalue weighted by Gasteiger charge is -2.48. The van der Waals surface area contributed by atoms with Crippen molar-refractivity contribution in [3.05, 3.63) is 11.3 Å². The fourth-order valence-corrected chi connectivity index (χ4v) is 4.84. The molecule has 2 rings (SSSR count). The van der Waals surface area contributed by atoms with Crippen molar-refractivity contribution in [3.63, 3.8) is 0 Å². The second kappa shape index (κ2) is 5.96. The van der Waals surface area contributed by atoms with Crippen LogP contribution in [0, 0.1) is 0 Å². The summed E-state index contributed by atoms with van der Waals surface area (Å²) in [6.07, 6.45) is -1.38. The van der Waals surface area contributed by atoms with Gasteiger partial charge in [-0.25, -0.2) is 13.2 Å². The van der Waals surface area contributed by atoms with Crippen LogP contribution in [0.4, 0.5) is 0 Å². The number of nitrogens with zero attached hydrogens (tertiary/aromatic N) is 1. The van der Waals surface area contributed by atoms with E-state index in [0.29, 0.717) is 0 Å². The van der Waals surface area contributed by atoms with E-state index in [-0.39, 0.29) is 23.5 Å². The Morgan fingerprint density at radius 2 is 1.88 bits per heavy atom. The molecule has 2 aliphatic heterocycles. The van der Waals surface area contributed by atoms with Gasteiger partial charge in [-0.1, -0.05) is 0 Å². The van der Waals surface area contributed by atoms with Crippen LogP contribution in [0.1, 0.15) is 34.1 Å². The van der Waals surface area contributed by atoms with Crippen LogP contribution in [0.3, 0.4) is 0 Å². The number of ether oxygens (including phenoxy) is 2. The number of rotatable bonds is 4. The number of Topliss-reactive ketones (excluding diaryl/α,β-unsaturated/α-hetero) is 1. The van der Waals surface area contributed by atoms with Crippen LogP contribution in [0.15, 0.2) is 11.3 Å². The molecule has 1 saturated heterocycles. The van der Waals surface area contributed by atoms with E-state index in [1.54, 1.807) is 20.8 Å². The smallest absolute Gasteiger partial charge is 0.355 e. The maximum atomic E-state index is 12.5. The maximum absolute atomic E-state index is 12.5. The van der Waals surface area contributed by atoms with E-state index in [0.717, 1.165) is 4.90 Å². The Balaban J connectivity index is 2.54. The highest BCUT2D eigenvalue weighted by Gasteiger charge is 2.60. The SMILES string of the molecule is CO[C@H]1C(=O)N2C(C(=O)OC(C)(C)C)=C(CC(C)=O)CS(=O)(=O)[C@H]12.